The summed E-state index contributed by atoms with van der Waals surface area (Å²) in [5.74, 6) is -0.915. The Hall–Kier alpha value is -1.62. The highest BCUT2D eigenvalue weighted by molar-refractivity contribution is 7.14. The summed E-state index contributed by atoms with van der Waals surface area (Å²) in [6, 6.07) is 3.55. The van der Waals surface area contributed by atoms with Crippen LogP contribution >= 0.6 is 11.3 Å². The van der Waals surface area contributed by atoms with Crippen LogP contribution in [-0.2, 0) is 4.79 Å². The van der Waals surface area contributed by atoms with Crippen LogP contribution in [0.15, 0.2) is 18.2 Å². The van der Waals surface area contributed by atoms with Crippen molar-refractivity contribution in [2.45, 2.75) is 19.3 Å². The number of aliphatic carboxylic acids is 1. The van der Waals surface area contributed by atoms with Gasteiger partial charge in [-0.05, 0) is 37.5 Å². The molecule has 1 aromatic heterocycles. The number of carboxylic acid groups (broad SMARTS) is 1. The summed E-state index contributed by atoms with van der Waals surface area (Å²) in [5, 5.41) is 8.54. The van der Waals surface area contributed by atoms with Gasteiger partial charge in [-0.15, -0.1) is 11.3 Å². The van der Waals surface area contributed by atoms with Crippen molar-refractivity contribution in [3.63, 3.8) is 0 Å². The van der Waals surface area contributed by atoms with Gasteiger partial charge in [0.05, 0.1) is 4.88 Å². The summed E-state index contributed by atoms with van der Waals surface area (Å²) in [7, 11) is 0. The largest absolute Gasteiger partial charge is 0.478 e. The van der Waals surface area contributed by atoms with Crippen molar-refractivity contribution in [1.82, 2.24) is 4.90 Å². The first-order valence-electron chi connectivity index (χ1n) is 5.97. The molecule has 0 saturated carbocycles. The molecule has 0 spiro atoms. The Bertz CT molecular complexity index is 472. The lowest BCUT2D eigenvalue weighted by atomic mass is 10.1. The molecule has 1 aliphatic heterocycles. The molecule has 1 saturated heterocycles. The van der Waals surface area contributed by atoms with Gasteiger partial charge < -0.3 is 10.0 Å². The number of carbonyl (C=O) groups excluding carboxylic acids is 1. The molecule has 1 aromatic rings. The van der Waals surface area contributed by atoms with E-state index in [9.17, 15) is 9.59 Å². The van der Waals surface area contributed by atoms with Crippen LogP contribution < -0.4 is 0 Å². The van der Waals surface area contributed by atoms with E-state index in [1.54, 1.807) is 12.1 Å². The van der Waals surface area contributed by atoms with Gasteiger partial charge in [-0.1, -0.05) is 0 Å². The van der Waals surface area contributed by atoms with Crippen LogP contribution in [0.2, 0.25) is 0 Å². The lowest BCUT2D eigenvalue weighted by molar-refractivity contribution is -0.131. The molecule has 1 amide bonds. The number of amides is 1. The Morgan fingerprint density at radius 2 is 1.94 bits per heavy atom. The number of nitrogens with zero attached hydrogens (tertiary/aromatic N) is 1. The second-order valence-electron chi connectivity index (χ2n) is 4.23. The van der Waals surface area contributed by atoms with Crippen LogP contribution in [-0.4, -0.2) is 35.0 Å². The molecule has 0 atom stereocenters. The average Bonchev–Trinajstić information content (AvgIpc) is 2.85. The van der Waals surface area contributed by atoms with Gasteiger partial charge in [0.25, 0.3) is 5.91 Å². The molecule has 18 heavy (non-hydrogen) atoms. The number of hydrogen-bond acceptors (Lipinski definition) is 3. The van der Waals surface area contributed by atoms with Crippen molar-refractivity contribution in [2.75, 3.05) is 13.1 Å². The molecule has 1 aliphatic rings. The smallest absolute Gasteiger partial charge is 0.328 e. The van der Waals surface area contributed by atoms with Gasteiger partial charge in [-0.25, -0.2) is 4.79 Å². The Morgan fingerprint density at radius 3 is 2.61 bits per heavy atom. The number of likely N-dealkylation sites (tertiary alicyclic amines) is 1. The number of carboxylic acids is 1. The quantitative estimate of drug-likeness (QED) is 0.854. The van der Waals surface area contributed by atoms with E-state index in [1.807, 2.05) is 4.90 Å². The van der Waals surface area contributed by atoms with E-state index in [-0.39, 0.29) is 5.91 Å². The zero-order chi connectivity index (χ0) is 13.0. The maximum atomic E-state index is 12.1. The third kappa shape index (κ3) is 3.20. The topological polar surface area (TPSA) is 57.6 Å². The molecule has 1 fully saturated rings. The van der Waals surface area contributed by atoms with Crippen molar-refractivity contribution < 1.29 is 14.7 Å². The molecule has 96 valence electrons. The minimum atomic E-state index is -0.979. The van der Waals surface area contributed by atoms with Gasteiger partial charge in [0.15, 0.2) is 0 Å². The van der Waals surface area contributed by atoms with E-state index in [0.29, 0.717) is 4.88 Å². The Balaban J connectivity index is 2.04. The van der Waals surface area contributed by atoms with E-state index in [1.165, 1.54) is 23.8 Å². The Labute approximate surface area is 110 Å². The van der Waals surface area contributed by atoms with Gasteiger partial charge in [0, 0.05) is 24.0 Å². The van der Waals surface area contributed by atoms with Crippen LogP contribution in [0.25, 0.3) is 6.08 Å². The molecule has 0 aliphatic carbocycles. The van der Waals surface area contributed by atoms with Crippen LogP contribution in [0.1, 0.15) is 33.8 Å². The second kappa shape index (κ2) is 5.82. The zero-order valence-electron chi connectivity index (χ0n) is 9.96. The number of hydrogen-bond donors (Lipinski definition) is 1. The number of thiophene rings is 1. The van der Waals surface area contributed by atoms with Crippen LogP contribution in [0.3, 0.4) is 0 Å². The van der Waals surface area contributed by atoms with Crippen molar-refractivity contribution >= 4 is 29.3 Å². The van der Waals surface area contributed by atoms with Crippen LogP contribution in [0.4, 0.5) is 0 Å². The third-order valence-electron chi connectivity index (χ3n) is 2.87. The highest BCUT2D eigenvalue weighted by Gasteiger charge is 2.19. The van der Waals surface area contributed by atoms with Crippen molar-refractivity contribution in [2.24, 2.45) is 0 Å². The minimum Gasteiger partial charge on any atom is -0.478 e. The van der Waals surface area contributed by atoms with Crippen molar-refractivity contribution in [3.05, 3.63) is 28.0 Å². The fraction of sp³-hybridized carbons (Fsp3) is 0.385. The molecular formula is C13H15NO3S. The minimum absolute atomic E-state index is 0.0645. The first kappa shape index (κ1) is 12.8. The lowest BCUT2D eigenvalue weighted by Gasteiger charge is -2.26. The number of rotatable bonds is 3. The van der Waals surface area contributed by atoms with E-state index in [0.717, 1.165) is 36.9 Å². The standard InChI is InChI=1S/C13H15NO3S/c15-12(16)7-5-10-4-6-11(18-10)13(17)14-8-2-1-3-9-14/h4-7H,1-3,8-9H2,(H,15,16)/b7-5+. The van der Waals surface area contributed by atoms with Crippen molar-refractivity contribution in [3.8, 4) is 0 Å². The molecule has 2 heterocycles. The van der Waals surface area contributed by atoms with Crippen molar-refractivity contribution in [1.29, 1.82) is 0 Å². The molecule has 4 nitrogen and oxygen atoms in total. The molecule has 1 N–H and O–H groups in total. The van der Waals surface area contributed by atoms with Gasteiger partial charge in [0.1, 0.15) is 0 Å². The third-order valence-corrected chi connectivity index (χ3v) is 3.91. The predicted octanol–water partition coefficient (Wildman–Crippen LogP) is 2.47. The van der Waals surface area contributed by atoms with Gasteiger partial charge in [-0.3, -0.25) is 4.79 Å². The molecule has 5 heteroatoms. The summed E-state index contributed by atoms with van der Waals surface area (Å²) < 4.78 is 0. The summed E-state index contributed by atoms with van der Waals surface area (Å²) >= 11 is 1.34. The normalized spacial score (nSPS) is 16.1. The highest BCUT2D eigenvalue weighted by Crippen LogP contribution is 2.21. The molecule has 0 unspecified atom stereocenters. The second-order valence-corrected chi connectivity index (χ2v) is 5.34. The lowest BCUT2D eigenvalue weighted by Crippen LogP contribution is -2.35. The SMILES string of the molecule is O=C(O)/C=C/c1ccc(C(=O)N2CCCCC2)s1. The van der Waals surface area contributed by atoms with E-state index < -0.39 is 5.97 Å². The number of carbonyl (C=O) groups is 2. The highest BCUT2D eigenvalue weighted by atomic mass is 32.1. The Kier molecular flexibility index (Phi) is 4.15. The van der Waals surface area contributed by atoms with Gasteiger partial charge in [0.2, 0.25) is 0 Å². The molecule has 0 aromatic carbocycles. The molecule has 0 bridgehead atoms. The average molecular weight is 265 g/mol. The fourth-order valence-electron chi connectivity index (χ4n) is 1.96. The molecule has 0 radical (unpaired) electrons. The predicted molar refractivity (Wildman–Crippen MR) is 70.7 cm³/mol. The van der Waals surface area contributed by atoms with Crippen LogP contribution in [0, 0.1) is 0 Å². The summed E-state index contributed by atoms with van der Waals surface area (Å²) in [6.45, 7) is 1.66. The first-order valence-corrected chi connectivity index (χ1v) is 6.78. The van der Waals surface area contributed by atoms with E-state index in [4.69, 9.17) is 5.11 Å². The molecular weight excluding hydrogens is 250 g/mol. The summed E-state index contributed by atoms with van der Waals surface area (Å²) in [4.78, 5) is 25.9. The van der Waals surface area contributed by atoms with Crippen LogP contribution in [0.5, 0.6) is 0 Å². The zero-order valence-corrected chi connectivity index (χ0v) is 10.8. The van der Waals surface area contributed by atoms with E-state index >= 15 is 0 Å². The van der Waals surface area contributed by atoms with E-state index in [2.05, 4.69) is 0 Å². The molecule has 2 rings (SSSR count). The fourth-order valence-corrected chi connectivity index (χ4v) is 2.84. The first-order chi connectivity index (χ1) is 8.66. The maximum Gasteiger partial charge on any atom is 0.328 e. The number of piperidine rings is 1. The summed E-state index contributed by atoms with van der Waals surface area (Å²) in [6.07, 6.45) is 5.94. The Morgan fingerprint density at radius 1 is 1.22 bits per heavy atom. The summed E-state index contributed by atoms with van der Waals surface area (Å²) in [5.41, 5.74) is 0. The van der Waals surface area contributed by atoms with Gasteiger partial charge >= 0.3 is 5.97 Å². The van der Waals surface area contributed by atoms with Gasteiger partial charge in [-0.2, -0.15) is 0 Å². The monoisotopic (exact) mass is 265 g/mol. The maximum absolute atomic E-state index is 12.1.